The molecule has 2 heterocycles. The van der Waals surface area contributed by atoms with E-state index < -0.39 is 0 Å². The molecule has 1 aliphatic rings. The van der Waals surface area contributed by atoms with Crippen molar-refractivity contribution >= 4 is 11.6 Å². The van der Waals surface area contributed by atoms with Crippen molar-refractivity contribution < 1.29 is 18.7 Å². The van der Waals surface area contributed by atoms with Crippen molar-refractivity contribution in [2.75, 3.05) is 11.9 Å². The number of carbonyl (C=O) groups excluding carboxylic acids is 1. The molecule has 7 heteroatoms. The van der Waals surface area contributed by atoms with Crippen molar-refractivity contribution in [3.8, 4) is 11.5 Å². The Bertz CT molecular complexity index is 940. The summed E-state index contributed by atoms with van der Waals surface area (Å²) >= 11 is 0. The Hall–Kier alpha value is -3.35. The van der Waals surface area contributed by atoms with E-state index in [9.17, 15) is 9.18 Å². The second-order valence-corrected chi connectivity index (χ2v) is 6.30. The average molecular weight is 367 g/mol. The van der Waals surface area contributed by atoms with Crippen LogP contribution in [0.1, 0.15) is 5.56 Å². The standard InChI is InChI=1S/C20H18FN3O3/c21-15-7-5-14(6-8-15)9-20(25)23-16-10-22-24(11-16)12-17-13-26-18-3-1-2-4-19(18)27-17/h1-8,10-11,17H,9,12-13H2,(H,23,25). The second-order valence-electron chi connectivity index (χ2n) is 6.30. The largest absolute Gasteiger partial charge is 0.486 e. The lowest BCUT2D eigenvalue weighted by Gasteiger charge is -2.26. The average Bonchev–Trinajstić information content (AvgIpc) is 3.10. The van der Waals surface area contributed by atoms with Crippen molar-refractivity contribution in [2.45, 2.75) is 19.1 Å². The van der Waals surface area contributed by atoms with Crippen LogP contribution >= 0.6 is 0 Å². The van der Waals surface area contributed by atoms with Crippen molar-refractivity contribution in [2.24, 2.45) is 0 Å². The van der Waals surface area contributed by atoms with E-state index in [1.165, 1.54) is 12.1 Å². The maximum absolute atomic E-state index is 12.9. The number of para-hydroxylation sites is 2. The van der Waals surface area contributed by atoms with Gasteiger partial charge in [0.1, 0.15) is 12.4 Å². The van der Waals surface area contributed by atoms with Crippen molar-refractivity contribution in [1.29, 1.82) is 0 Å². The number of hydrogen-bond donors (Lipinski definition) is 1. The zero-order valence-corrected chi connectivity index (χ0v) is 14.5. The number of rotatable bonds is 5. The summed E-state index contributed by atoms with van der Waals surface area (Å²) in [4.78, 5) is 12.1. The highest BCUT2D eigenvalue weighted by Crippen LogP contribution is 2.31. The molecule has 1 amide bonds. The topological polar surface area (TPSA) is 65.4 Å². The van der Waals surface area contributed by atoms with Gasteiger partial charge in [-0.25, -0.2) is 4.39 Å². The van der Waals surface area contributed by atoms with E-state index in [1.807, 2.05) is 24.3 Å². The lowest BCUT2D eigenvalue weighted by Crippen LogP contribution is -2.33. The van der Waals surface area contributed by atoms with Gasteiger partial charge in [-0.15, -0.1) is 0 Å². The minimum absolute atomic E-state index is 0.164. The lowest BCUT2D eigenvalue weighted by molar-refractivity contribution is -0.115. The molecule has 0 spiro atoms. The molecular weight excluding hydrogens is 349 g/mol. The van der Waals surface area contributed by atoms with Gasteiger partial charge in [-0.2, -0.15) is 5.10 Å². The highest BCUT2D eigenvalue weighted by atomic mass is 19.1. The van der Waals surface area contributed by atoms with Crippen LogP contribution in [0.5, 0.6) is 11.5 Å². The van der Waals surface area contributed by atoms with Gasteiger partial charge in [0, 0.05) is 6.20 Å². The fourth-order valence-electron chi connectivity index (χ4n) is 2.88. The van der Waals surface area contributed by atoms with Crippen LogP contribution in [0.4, 0.5) is 10.1 Å². The van der Waals surface area contributed by atoms with Gasteiger partial charge < -0.3 is 14.8 Å². The van der Waals surface area contributed by atoms with Crippen LogP contribution in [0, 0.1) is 5.82 Å². The van der Waals surface area contributed by atoms with Crippen molar-refractivity contribution in [3.63, 3.8) is 0 Å². The van der Waals surface area contributed by atoms with Gasteiger partial charge in [0.05, 0.1) is 24.8 Å². The maximum atomic E-state index is 12.9. The molecule has 0 bridgehead atoms. The molecule has 2 aromatic carbocycles. The van der Waals surface area contributed by atoms with E-state index in [1.54, 1.807) is 29.2 Å². The molecule has 27 heavy (non-hydrogen) atoms. The van der Waals surface area contributed by atoms with Crippen molar-refractivity contribution in [1.82, 2.24) is 9.78 Å². The summed E-state index contributed by atoms with van der Waals surface area (Å²) < 4.78 is 26.2. The van der Waals surface area contributed by atoms with Crippen LogP contribution in [0.15, 0.2) is 60.9 Å². The van der Waals surface area contributed by atoms with Gasteiger partial charge in [-0.05, 0) is 29.8 Å². The molecule has 0 saturated heterocycles. The Morgan fingerprint density at radius 1 is 1.19 bits per heavy atom. The van der Waals surface area contributed by atoms with Crippen LogP contribution in [0.3, 0.4) is 0 Å². The highest BCUT2D eigenvalue weighted by Gasteiger charge is 2.21. The molecule has 4 rings (SSSR count). The first kappa shape index (κ1) is 17.1. The van der Waals surface area contributed by atoms with E-state index in [4.69, 9.17) is 9.47 Å². The molecule has 6 nitrogen and oxygen atoms in total. The predicted octanol–water partition coefficient (Wildman–Crippen LogP) is 3.04. The number of ether oxygens (including phenoxy) is 2. The Labute approximate surface area is 155 Å². The van der Waals surface area contributed by atoms with Crippen LogP contribution < -0.4 is 14.8 Å². The smallest absolute Gasteiger partial charge is 0.228 e. The molecule has 1 unspecified atom stereocenters. The summed E-state index contributed by atoms with van der Waals surface area (Å²) in [6.45, 7) is 0.936. The highest BCUT2D eigenvalue weighted by molar-refractivity contribution is 5.91. The van der Waals surface area contributed by atoms with Gasteiger partial charge in [0.25, 0.3) is 0 Å². The SMILES string of the molecule is O=C(Cc1ccc(F)cc1)Nc1cnn(CC2COc3ccccc3O2)c1. The summed E-state index contributed by atoms with van der Waals surface area (Å²) in [6.07, 6.45) is 3.33. The summed E-state index contributed by atoms with van der Waals surface area (Å²) in [6, 6.07) is 13.4. The summed E-state index contributed by atoms with van der Waals surface area (Å²) in [7, 11) is 0. The van der Waals surface area contributed by atoms with Crippen molar-refractivity contribution in [3.05, 3.63) is 72.3 Å². The summed E-state index contributed by atoms with van der Waals surface area (Å²) in [5.74, 6) is 0.945. The molecule has 1 aromatic heterocycles. The zero-order chi connectivity index (χ0) is 18.6. The van der Waals surface area contributed by atoms with E-state index >= 15 is 0 Å². The van der Waals surface area contributed by atoms with E-state index in [2.05, 4.69) is 10.4 Å². The Balaban J connectivity index is 1.32. The van der Waals surface area contributed by atoms with Crippen LogP contribution in [-0.2, 0) is 17.8 Å². The molecule has 0 radical (unpaired) electrons. The van der Waals surface area contributed by atoms with Crippen LogP contribution in [-0.4, -0.2) is 28.4 Å². The van der Waals surface area contributed by atoms with Gasteiger partial charge in [-0.3, -0.25) is 9.48 Å². The quantitative estimate of drug-likeness (QED) is 0.753. The maximum Gasteiger partial charge on any atom is 0.228 e. The Morgan fingerprint density at radius 3 is 2.78 bits per heavy atom. The van der Waals surface area contributed by atoms with Gasteiger partial charge in [0.2, 0.25) is 5.91 Å². The Morgan fingerprint density at radius 2 is 1.96 bits per heavy atom. The molecule has 3 aromatic rings. The summed E-state index contributed by atoms with van der Waals surface area (Å²) in [5.41, 5.74) is 1.34. The Kier molecular flexibility index (Phi) is 4.74. The molecule has 138 valence electrons. The normalized spacial score (nSPS) is 15.4. The number of aromatic nitrogens is 2. The summed E-state index contributed by atoms with van der Waals surface area (Å²) in [5, 5.41) is 7.04. The number of halogens is 1. The molecule has 0 saturated carbocycles. The number of carbonyl (C=O) groups is 1. The fourth-order valence-corrected chi connectivity index (χ4v) is 2.88. The molecule has 0 fully saturated rings. The van der Waals surface area contributed by atoms with Crippen LogP contribution in [0.25, 0.3) is 0 Å². The first-order valence-electron chi connectivity index (χ1n) is 8.61. The second kappa shape index (κ2) is 7.49. The third-order valence-corrected chi connectivity index (χ3v) is 4.15. The number of nitrogens with zero attached hydrogens (tertiary/aromatic N) is 2. The fraction of sp³-hybridized carbons (Fsp3) is 0.200. The van der Waals surface area contributed by atoms with Crippen LogP contribution in [0.2, 0.25) is 0 Å². The number of nitrogens with one attached hydrogen (secondary N) is 1. The molecular formula is C20H18FN3O3. The number of amides is 1. The number of benzene rings is 2. The van der Waals surface area contributed by atoms with Gasteiger partial charge in [0.15, 0.2) is 17.6 Å². The monoisotopic (exact) mass is 367 g/mol. The van der Waals surface area contributed by atoms with Gasteiger partial charge >= 0.3 is 0 Å². The number of hydrogen-bond acceptors (Lipinski definition) is 4. The first-order valence-corrected chi connectivity index (χ1v) is 8.61. The van der Waals surface area contributed by atoms with E-state index in [-0.39, 0.29) is 24.2 Å². The third kappa shape index (κ3) is 4.25. The molecule has 1 atom stereocenters. The first-order chi connectivity index (χ1) is 13.2. The lowest BCUT2D eigenvalue weighted by atomic mass is 10.1. The number of fused-ring (bicyclic) bond motifs is 1. The molecule has 0 aliphatic carbocycles. The van der Waals surface area contributed by atoms with E-state index in [0.717, 1.165) is 11.3 Å². The predicted molar refractivity (Wildman–Crippen MR) is 97.3 cm³/mol. The zero-order valence-electron chi connectivity index (χ0n) is 14.5. The minimum atomic E-state index is -0.322. The molecule has 1 N–H and O–H groups in total. The molecule has 1 aliphatic heterocycles. The van der Waals surface area contributed by atoms with E-state index in [0.29, 0.717) is 24.6 Å². The minimum Gasteiger partial charge on any atom is -0.486 e. The third-order valence-electron chi connectivity index (χ3n) is 4.15. The van der Waals surface area contributed by atoms with Gasteiger partial charge in [-0.1, -0.05) is 24.3 Å². The number of anilines is 1.